The molecule has 0 spiro atoms. The van der Waals surface area contributed by atoms with Gasteiger partial charge in [0.1, 0.15) is 0 Å². The fourth-order valence-electron chi connectivity index (χ4n) is 1.85. The highest BCUT2D eigenvalue weighted by Crippen LogP contribution is 2.27. The Hall–Kier alpha value is -1.58. The second-order valence-corrected chi connectivity index (χ2v) is 5.00. The van der Waals surface area contributed by atoms with Crippen molar-refractivity contribution in [3.05, 3.63) is 56.3 Å². The minimum Gasteiger partial charge on any atom is -0.311 e. The van der Waals surface area contributed by atoms with Gasteiger partial charge in [-0.2, -0.15) is 0 Å². The van der Waals surface area contributed by atoms with E-state index in [2.05, 4.69) is 0 Å². The molecule has 3 nitrogen and oxygen atoms in total. The van der Waals surface area contributed by atoms with E-state index in [0.717, 1.165) is 5.56 Å². The van der Waals surface area contributed by atoms with Crippen LogP contribution in [0, 0.1) is 0 Å². The van der Waals surface area contributed by atoms with Gasteiger partial charge in [-0.05, 0) is 36.8 Å². The average Bonchev–Trinajstić information content (AvgIpc) is 2.36. The van der Waals surface area contributed by atoms with Gasteiger partial charge in [0.25, 0.3) is 5.56 Å². The molecule has 2 rings (SSSR count). The second-order valence-electron chi connectivity index (χ2n) is 4.18. The van der Waals surface area contributed by atoms with Crippen LogP contribution < -0.4 is 5.56 Å². The quantitative estimate of drug-likeness (QED) is 0.795. The fraction of sp³-hybridized carbons (Fsp3) is 0.143. The second kappa shape index (κ2) is 5.19. The number of carbonyl (C=O) groups excluding carboxylic acids is 1. The van der Waals surface area contributed by atoms with Gasteiger partial charge in [-0.15, -0.1) is 0 Å². The summed E-state index contributed by atoms with van der Waals surface area (Å²) in [6, 6.07) is 8.38. The van der Waals surface area contributed by atoms with E-state index in [1.807, 2.05) is 0 Å². The van der Waals surface area contributed by atoms with Crippen LogP contribution in [0.15, 0.2) is 35.1 Å². The fourth-order valence-corrected chi connectivity index (χ4v) is 2.15. The topological polar surface area (TPSA) is 39.1 Å². The van der Waals surface area contributed by atoms with Gasteiger partial charge < -0.3 is 4.57 Å². The molecule has 5 heteroatoms. The zero-order valence-electron chi connectivity index (χ0n) is 10.4. The molecule has 1 aromatic heterocycles. The van der Waals surface area contributed by atoms with Crippen LogP contribution in [0.1, 0.15) is 17.3 Å². The zero-order chi connectivity index (χ0) is 14.2. The summed E-state index contributed by atoms with van der Waals surface area (Å²) in [5.74, 6) is -0.249. The van der Waals surface area contributed by atoms with Crippen molar-refractivity contribution in [1.29, 1.82) is 0 Å². The summed E-state index contributed by atoms with van der Waals surface area (Å²) in [6.45, 7) is 1.37. The number of rotatable bonds is 2. The molecule has 0 saturated carbocycles. The van der Waals surface area contributed by atoms with Crippen molar-refractivity contribution in [3.8, 4) is 11.3 Å². The lowest BCUT2D eigenvalue weighted by Gasteiger charge is -2.10. The van der Waals surface area contributed by atoms with E-state index in [1.165, 1.54) is 17.6 Å². The first-order valence-electron chi connectivity index (χ1n) is 5.58. The molecule has 0 N–H and O–H groups in total. The summed E-state index contributed by atoms with van der Waals surface area (Å²) in [4.78, 5) is 23.4. The van der Waals surface area contributed by atoms with Crippen molar-refractivity contribution in [1.82, 2.24) is 4.57 Å². The minimum atomic E-state index is -0.323. The summed E-state index contributed by atoms with van der Waals surface area (Å²) in [7, 11) is 1.62. The number of Topliss-reactive ketones (excluding diaryl/α,β-unsaturated/α-hetero) is 1. The maximum Gasteiger partial charge on any atom is 0.261 e. The third kappa shape index (κ3) is 2.57. The molecule has 0 amide bonds. The number of carbonyl (C=O) groups is 1. The minimum absolute atomic E-state index is 0.173. The van der Waals surface area contributed by atoms with Crippen LogP contribution >= 0.6 is 23.2 Å². The van der Waals surface area contributed by atoms with Crippen LogP contribution in [0.4, 0.5) is 0 Å². The Balaban J connectivity index is 2.64. The Morgan fingerprint density at radius 3 is 2.37 bits per heavy atom. The largest absolute Gasteiger partial charge is 0.311 e. The van der Waals surface area contributed by atoms with Crippen molar-refractivity contribution in [2.24, 2.45) is 7.05 Å². The Bertz CT molecular complexity index is 720. The predicted octanol–water partition coefficient (Wildman–Crippen LogP) is 3.56. The van der Waals surface area contributed by atoms with E-state index in [9.17, 15) is 9.59 Å². The van der Waals surface area contributed by atoms with E-state index in [4.69, 9.17) is 23.2 Å². The lowest BCUT2D eigenvalue weighted by Crippen LogP contribution is -2.24. The maximum absolute atomic E-state index is 12.0. The highest BCUT2D eigenvalue weighted by atomic mass is 35.5. The number of hydrogen-bond acceptors (Lipinski definition) is 2. The molecular formula is C14H11Cl2NO2. The lowest BCUT2D eigenvalue weighted by atomic mass is 10.1. The molecule has 0 unspecified atom stereocenters. The van der Waals surface area contributed by atoms with E-state index in [1.54, 1.807) is 31.3 Å². The Kier molecular flexibility index (Phi) is 3.78. The van der Waals surface area contributed by atoms with Crippen molar-refractivity contribution in [2.45, 2.75) is 6.92 Å². The van der Waals surface area contributed by atoms with Crippen molar-refractivity contribution >= 4 is 29.0 Å². The number of hydrogen-bond donors (Lipinski definition) is 0. The first-order chi connectivity index (χ1) is 8.91. The van der Waals surface area contributed by atoms with Crippen LogP contribution in [0.5, 0.6) is 0 Å². The molecule has 0 aliphatic heterocycles. The first-order valence-corrected chi connectivity index (χ1v) is 6.34. The lowest BCUT2D eigenvalue weighted by molar-refractivity contribution is 0.101. The number of pyridine rings is 1. The van der Waals surface area contributed by atoms with Crippen molar-refractivity contribution in [3.63, 3.8) is 0 Å². The van der Waals surface area contributed by atoms with Gasteiger partial charge in [-0.3, -0.25) is 9.59 Å². The number of benzene rings is 1. The molecule has 98 valence electrons. The predicted molar refractivity (Wildman–Crippen MR) is 77.1 cm³/mol. The third-order valence-corrected chi connectivity index (χ3v) is 3.64. The van der Waals surface area contributed by atoms with Crippen LogP contribution in [0.2, 0.25) is 10.0 Å². The van der Waals surface area contributed by atoms with Gasteiger partial charge in [0.15, 0.2) is 5.78 Å². The molecule has 1 heterocycles. The van der Waals surface area contributed by atoms with E-state index in [-0.39, 0.29) is 16.9 Å². The molecule has 0 saturated heterocycles. The van der Waals surface area contributed by atoms with Crippen LogP contribution in [-0.4, -0.2) is 10.4 Å². The monoisotopic (exact) mass is 295 g/mol. The Morgan fingerprint density at radius 1 is 1.11 bits per heavy atom. The molecule has 0 atom stereocenters. The normalized spacial score (nSPS) is 10.5. The summed E-state index contributed by atoms with van der Waals surface area (Å²) in [6.07, 6.45) is 0. The van der Waals surface area contributed by atoms with E-state index in [0.29, 0.717) is 15.7 Å². The summed E-state index contributed by atoms with van der Waals surface area (Å²) in [5.41, 5.74) is 1.29. The molecule has 2 aromatic rings. The summed E-state index contributed by atoms with van der Waals surface area (Å²) >= 11 is 11.8. The van der Waals surface area contributed by atoms with Crippen LogP contribution in [0.3, 0.4) is 0 Å². The van der Waals surface area contributed by atoms with Gasteiger partial charge in [0.05, 0.1) is 21.3 Å². The number of halogens is 2. The highest BCUT2D eigenvalue weighted by molar-refractivity contribution is 6.42. The molecule has 0 radical (unpaired) electrons. The van der Waals surface area contributed by atoms with Crippen LogP contribution in [0.25, 0.3) is 11.3 Å². The van der Waals surface area contributed by atoms with Gasteiger partial charge in [-0.1, -0.05) is 29.3 Å². The Morgan fingerprint density at radius 2 is 1.79 bits per heavy atom. The molecule has 19 heavy (non-hydrogen) atoms. The van der Waals surface area contributed by atoms with Gasteiger partial charge in [0, 0.05) is 7.05 Å². The summed E-state index contributed by atoms with van der Waals surface area (Å²) < 4.78 is 1.43. The van der Waals surface area contributed by atoms with E-state index >= 15 is 0 Å². The Labute approximate surface area is 120 Å². The standard InChI is InChI=1S/C14H11Cl2NO2/c1-8(18)10-4-6-13(17(2)14(10)19)9-3-5-11(15)12(16)7-9/h3-7H,1-2H3. The molecule has 1 aromatic carbocycles. The smallest absolute Gasteiger partial charge is 0.261 e. The summed E-state index contributed by atoms with van der Waals surface area (Å²) in [5, 5.41) is 0.873. The number of ketones is 1. The van der Waals surface area contributed by atoms with Gasteiger partial charge in [-0.25, -0.2) is 0 Å². The van der Waals surface area contributed by atoms with Gasteiger partial charge in [0.2, 0.25) is 0 Å². The van der Waals surface area contributed by atoms with Crippen molar-refractivity contribution < 1.29 is 4.79 Å². The first kappa shape index (κ1) is 13.8. The van der Waals surface area contributed by atoms with E-state index < -0.39 is 0 Å². The average molecular weight is 296 g/mol. The number of nitrogens with zero attached hydrogens (tertiary/aromatic N) is 1. The molecule has 0 aliphatic carbocycles. The van der Waals surface area contributed by atoms with Crippen LogP contribution in [-0.2, 0) is 7.05 Å². The zero-order valence-corrected chi connectivity index (χ0v) is 11.9. The maximum atomic E-state index is 12.0. The van der Waals surface area contributed by atoms with Crippen molar-refractivity contribution in [2.75, 3.05) is 0 Å². The van der Waals surface area contributed by atoms with Gasteiger partial charge >= 0.3 is 0 Å². The molecule has 0 bridgehead atoms. The molecule has 0 fully saturated rings. The number of aromatic nitrogens is 1. The molecule has 0 aliphatic rings. The highest BCUT2D eigenvalue weighted by Gasteiger charge is 2.11. The SMILES string of the molecule is CC(=O)c1ccc(-c2ccc(Cl)c(Cl)c2)n(C)c1=O. The third-order valence-electron chi connectivity index (χ3n) is 2.90. The molecular weight excluding hydrogens is 285 g/mol.